The second kappa shape index (κ2) is 8.48. The van der Waals surface area contributed by atoms with Crippen LogP contribution in [0, 0.1) is 5.82 Å². The van der Waals surface area contributed by atoms with Crippen molar-refractivity contribution in [2.45, 2.75) is 20.0 Å². The number of hydrogen-bond donors (Lipinski definition) is 1. The van der Waals surface area contributed by atoms with Crippen molar-refractivity contribution >= 4 is 11.5 Å². The van der Waals surface area contributed by atoms with Crippen LogP contribution in [0.3, 0.4) is 0 Å². The molecule has 0 radical (unpaired) electrons. The molecule has 28 heavy (non-hydrogen) atoms. The van der Waals surface area contributed by atoms with E-state index in [0.717, 1.165) is 22.3 Å². The lowest BCUT2D eigenvalue weighted by atomic mass is 10.1. The maximum absolute atomic E-state index is 14.2. The molecule has 5 heteroatoms. The van der Waals surface area contributed by atoms with Gasteiger partial charge in [0.15, 0.2) is 0 Å². The summed E-state index contributed by atoms with van der Waals surface area (Å²) in [7, 11) is 0. The van der Waals surface area contributed by atoms with Crippen LogP contribution < -0.4 is 4.74 Å². The molecule has 0 unspecified atom stereocenters. The number of halogens is 1. The number of pyridine rings is 1. The zero-order valence-electron chi connectivity index (χ0n) is 15.5. The number of ether oxygens (including phenoxy) is 1. The average molecular weight is 377 g/mol. The second-order valence-electron chi connectivity index (χ2n) is 6.50. The highest BCUT2D eigenvalue weighted by Gasteiger charge is 2.08. The van der Waals surface area contributed by atoms with Crippen LogP contribution in [-0.4, -0.2) is 16.1 Å². The summed E-state index contributed by atoms with van der Waals surface area (Å²) in [5.41, 5.74) is 4.25. The average Bonchev–Trinajstić information content (AvgIpc) is 2.67. The summed E-state index contributed by atoms with van der Waals surface area (Å²) in [6.07, 6.45) is -0.0212. The SMILES string of the molecule is C=C(C)c1ccc(COc2cccc(-c3ccc(CC(=O)O)cc3)n2)c(F)c1. The number of benzene rings is 2. The Kier molecular flexibility index (Phi) is 5.84. The molecule has 0 bridgehead atoms. The highest BCUT2D eigenvalue weighted by atomic mass is 19.1. The van der Waals surface area contributed by atoms with Gasteiger partial charge in [-0.3, -0.25) is 4.79 Å². The van der Waals surface area contributed by atoms with Crippen molar-refractivity contribution in [1.29, 1.82) is 0 Å². The van der Waals surface area contributed by atoms with Crippen LogP contribution in [0.25, 0.3) is 16.8 Å². The Balaban J connectivity index is 1.71. The summed E-state index contributed by atoms with van der Waals surface area (Å²) in [5, 5.41) is 8.84. The molecule has 3 rings (SSSR count). The standard InChI is InChI=1S/C23H20FNO3/c1-15(2)18-10-11-19(20(24)13-18)14-28-22-5-3-4-21(25-22)17-8-6-16(7-9-17)12-23(26)27/h3-11,13H,1,12,14H2,2H3,(H,26,27). The first-order chi connectivity index (χ1) is 13.4. The zero-order valence-corrected chi connectivity index (χ0v) is 15.5. The Bertz CT molecular complexity index is 1010. The van der Waals surface area contributed by atoms with Crippen LogP contribution in [0.1, 0.15) is 23.6 Å². The van der Waals surface area contributed by atoms with E-state index >= 15 is 0 Å². The normalized spacial score (nSPS) is 10.5. The molecular weight excluding hydrogens is 357 g/mol. The van der Waals surface area contributed by atoms with Gasteiger partial charge in [0.1, 0.15) is 12.4 Å². The van der Waals surface area contributed by atoms with E-state index in [4.69, 9.17) is 9.84 Å². The maximum atomic E-state index is 14.2. The van der Waals surface area contributed by atoms with Crippen LogP contribution in [0.5, 0.6) is 5.88 Å². The van der Waals surface area contributed by atoms with Crippen molar-refractivity contribution < 1.29 is 19.0 Å². The van der Waals surface area contributed by atoms with E-state index in [9.17, 15) is 9.18 Å². The molecule has 4 nitrogen and oxygen atoms in total. The van der Waals surface area contributed by atoms with Gasteiger partial charge < -0.3 is 9.84 Å². The van der Waals surface area contributed by atoms with Crippen molar-refractivity contribution in [2.24, 2.45) is 0 Å². The number of carboxylic acids is 1. The number of aromatic nitrogens is 1. The summed E-state index contributed by atoms with van der Waals surface area (Å²) in [4.78, 5) is 15.2. The lowest BCUT2D eigenvalue weighted by Crippen LogP contribution is -2.01. The number of nitrogens with zero attached hydrogens (tertiary/aromatic N) is 1. The van der Waals surface area contributed by atoms with Gasteiger partial charge in [-0.05, 0) is 30.2 Å². The minimum absolute atomic E-state index is 0.0212. The van der Waals surface area contributed by atoms with Crippen molar-refractivity contribution in [3.63, 3.8) is 0 Å². The Morgan fingerprint density at radius 1 is 1.14 bits per heavy atom. The van der Waals surface area contributed by atoms with Crippen LogP contribution in [-0.2, 0) is 17.8 Å². The molecular formula is C23H20FNO3. The number of rotatable bonds is 7. The number of aliphatic carboxylic acids is 1. The fraction of sp³-hybridized carbons (Fsp3) is 0.130. The fourth-order valence-electron chi connectivity index (χ4n) is 2.71. The molecule has 1 heterocycles. The first-order valence-electron chi connectivity index (χ1n) is 8.77. The minimum atomic E-state index is -0.871. The van der Waals surface area contributed by atoms with Crippen molar-refractivity contribution in [3.8, 4) is 17.1 Å². The van der Waals surface area contributed by atoms with Gasteiger partial charge in [0, 0.05) is 17.2 Å². The molecule has 1 N–H and O–H groups in total. The van der Waals surface area contributed by atoms with Gasteiger partial charge in [0.05, 0.1) is 12.1 Å². The number of hydrogen-bond acceptors (Lipinski definition) is 3. The fourth-order valence-corrected chi connectivity index (χ4v) is 2.71. The predicted octanol–water partition coefficient (Wildman–Crippen LogP) is 5.13. The van der Waals surface area contributed by atoms with Crippen molar-refractivity contribution in [3.05, 3.63) is 89.8 Å². The number of allylic oxidation sites excluding steroid dienone is 1. The monoisotopic (exact) mass is 377 g/mol. The van der Waals surface area contributed by atoms with Gasteiger partial charge >= 0.3 is 5.97 Å². The molecule has 0 saturated heterocycles. The van der Waals surface area contributed by atoms with Gasteiger partial charge in [0.2, 0.25) is 5.88 Å². The Labute approximate surface area is 163 Å². The van der Waals surface area contributed by atoms with Crippen LogP contribution in [0.15, 0.2) is 67.2 Å². The molecule has 0 aliphatic rings. The molecule has 2 aromatic carbocycles. The van der Waals surface area contributed by atoms with Crippen molar-refractivity contribution in [2.75, 3.05) is 0 Å². The molecule has 0 spiro atoms. The van der Waals surface area contributed by atoms with Crippen LogP contribution >= 0.6 is 0 Å². The maximum Gasteiger partial charge on any atom is 0.307 e. The third-order valence-electron chi connectivity index (χ3n) is 4.25. The molecule has 0 atom stereocenters. The minimum Gasteiger partial charge on any atom is -0.481 e. The summed E-state index contributed by atoms with van der Waals surface area (Å²) >= 11 is 0. The zero-order chi connectivity index (χ0) is 20.1. The molecule has 1 aromatic heterocycles. The molecule has 0 aliphatic heterocycles. The Morgan fingerprint density at radius 2 is 1.89 bits per heavy atom. The molecule has 3 aromatic rings. The van der Waals surface area contributed by atoms with Gasteiger partial charge in [-0.15, -0.1) is 0 Å². The Morgan fingerprint density at radius 3 is 2.54 bits per heavy atom. The third-order valence-corrected chi connectivity index (χ3v) is 4.25. The topological polar surface area (TPSA) is 59.4 Å². The first kappa shape index (κ1) is 19.3. The van der Waals surface area contributed by atoms with Gasteiger partial charge in [-0.2, -0.15) is 0 Å². The van der Waals surface area contributed by atoms with E-state index in [1.165, 1.54) is 6.07 Å². The number of carbonyl (C=O) groups is 1. The van der Waals surface area contributed by atoms with E-state index in [1.54, 1.807) is 24.3 Å². The summed E-state index contributed by atoms with van der Waals surface area (Å²) < 4.78 is 19.9. The summed E-state index contributed by atoms with van der Waals surface area (Å²) in [6, 6.07) is 17.5. The van der Waals surface area contributed by atoms with E-state index in [-0.39, 0.29) is 18.8 Å². The largest absolute Gasteiger partial charge is 0.481 e. The quantitative estimate of drug-likeness (QED) is 0.620. The smallest absolute Gasteiger partial charge is 0.307 e. The van der Waals surface area contributed by atoms with Gasteiger partial charge in [-0.1, -0.05) is 54.6 Å². The van der Waals surface area contributed by atoms with E-state index in [0.29, 0.717) is 17.1 Å². The van der Waals surface area contributed by atoms with Crippen molar-refractivity contribution in [1.82, 2.24) is 4.98 Å². The molecule has 0 saturated carbocycles. The number of carboxylic acid groups (broad SMARTS) is 1. The molecule has 0 aliphatic carbocycles. The van der Waals surface area contributed by atoms with E-state index < -0.39 is 5.97 Å². The summed E-state index contributed by atoms with van der Waals surface area (Å²) in [5.74, 6) is -0.828. The van der Waals surface area contributed by atoms with Gasteiger partial charge in [-0.25, -0.2) is 9.37 Å². The predicted molar refractivity (Wildman–Crippen MR) is 106 cm³/mol. The lowest BCUT2D eigenvalue weighted by molar-refractivity contribution is -0.136. The Hall–Kier alpha value is -3.47. The van der Waals surface area contributed by atoms with E-state index in [2.05, 4.69) is 11.6 Å². The second-order valence-corrected chi connectivity index (χ2v) is 6.50. The first-order valence-corrected chi connectivity index (χ1v) is 8.77. The lowest BCUT2D eigenvalue weighted by Gasteiger charge is -2.09. The van der Waals surface area contributed by atoms with Gasteiger partial charge in [0.25, 0.3) is 0 Å². The highest BCUT2D eigenvalue weighted by molar-refractivity contribution is 5.71. The highest BCUT2D eigenvalue weighted by Crippen LogP contribution is 2.22. The molecule has 0 amide bonds. The summed E-state index contributed by atoms with van der Waals surface area (Å²) in [6.45, 7) is 5.70. The molecule has 0 fully saturated rings. The van der Waals surface area contributed by atoms with E-state index in [1.807, 2.05) is 37.3 Å². The molecule has 142 valence electrons. The third kappa shape index (κ3) is 4.82. The van der Waals surface area contributed by atoms with Crippen LogP contribution in [0.2, 0.25) is 0 Å². The van der Waals surface area contributed by atoms with Crippen LogP contribution in [0.4, 0.5) is 4.39 Å².